The van der Waals surface area contributed by atoms with E-state index in [0.29, 0.717) is 9.90 Å². The second-order valence-corrected chi connectivity index (χ2v) is 5.00. The number of thiophene rings is 1. The first kappa shape index (κ1) is 11.4. The van der Waals surface area contributed by atoms with Crippen LogP contribution in [-0.2, 0) is 0 Å². The van der Waals surface area contributed by atoms with E-state index in [1.165, 1.54) is 11.3 Å². The van der Waals surface area contributed by atoms with Gasteiger partial charge in [0, 0.05) is 5.56 Å². The van der Waals surface area contributed by atoms with Crippen LogP contribution in [0.3, 0.4) is 0 Å². The molecular formula is C13H11ClOS. The van der Waals surface area contributed by atoms with Gasteiger partial charge in [0.2, 0.25) is 5.78 Å². The number of ketones is 1. The molecular weight excluding hydrogens is 240 g/mol. The van der Waals surface area contributed by atoms with Crippen LogP contribution in [0.4, 0.5) is 0 Å². The SMILES string of the molecule is Cc1cccc(C(=O)c2sccc2Cl)c1C. The van der Waals surface area contributed by atoms with Gasteiger partial charge in [-0.15, -0.1) is 11.3 Å². The molecule has 2 rings (SSSR count). The van der Waals surface area contributed by atoms with E-state index >= 15 is 0 Å². The number of carbonyl (C=O) groups is 1. The molecule has 0 aliphatic heterocycles. The lowest BCUT2D eigenvalue weighted by atomic mass is 9.99. The fourth-order valence-corrected chi connectivity index (χ4v) is 2.67. The van der Waals surface area contributed by atoms with Crippen molar-refractivity contribution in [3.05, 3.63) is 56.2 Å². The van der Waals surface area contributed by atoms with E-state index in [4.69, 9.17) is 11.6 Å². The Morgan fingerprint density at radius 2 is 2.00 bits per heavy atom. The summed E-state index contributed by atoms with van der Waals surface area (Å²) < 4.78 is 0. The summed E-state index contributed by atoms with van der Waals surface area (Å²) in [5.74, 6) is 0.0150. The van der Waals surface area contributed by atoms with E-state index in [2.05, 4.69) is 0 Å². The summed E-state index contributed by atoms with van der Waals surface area (Å²) in [6, 6.07) is 7.50. The maximum atomic E-state index is 12.2. The Bertz CT molecular complexity index is 543. The molecule has 0 amide bonds. The molecule has 0 unspecified atom stereocenters. The molecule has 0 bridgehead atoms. The molecule has 1 aromatic heterocycles. The molecule has 0 saturated carbocycles. The lowest BCUT2D eigenvalue weighted by Gasteiger charge is -2.06. The van der Waals surface area contributed by atoms with Gasteiger partial charge in [0.05, 0.1) is 9.90 Å². The summed E-state index contributed by atoms with van der Waals surface area (Å²) in [6.07, 6.45) is 0. The number of carbonyl (C=O) groups excluding carboxylic acids is 1. The van der Waals surface area contributed by atoms with Crippen molar-refractivity contribution in [2.24, 2.45) is 0 Å². The summed E-state index contributed by atoms with van der Waals surface area (Å²) >= 11 is 7.35. The largest absolute Gasteiger partial charge is 0.288 e. The fraction of sp³-hybridized carbons (Fsp3) is 0.154. The minimum atomic E-state index is 0.0150. The van der Waals surface area contributed by atoms with Gasteiger partial charge in [-0.05, 0) is 36.4 Å². The van der Waals surface area contributed by atoms with Crippen molar-refractivity contribution in [2.75, 3.05) is 0 Å². The Hall–Kier alpha value is -1.12. The topological polar surface area (TPSA) is 17.1 Å². The molecule has 1 nitrogen and oxygen atoms in total. The van der Waals surface area contributed by atoms with Gasteiger partial charge in [0.1, 0.15) is 0 Å². The van der Waals surface area contributed by atoms with Crippen LogP contribution in [-0.4, -0.2) is 5.78 Å². The van der Waals surface area contributed by atoms with Gasteiger partial charge >= 0.3 is 0 Å². The van der Waals surface area contributed by atoms with E-state index < -0.39 is 0 Å². The van der Waals surface area contributed by atoms with Gasteiger partial charge in [-0.25, -0.2) is 0 Å². The molecule has 0 aliphatic carbocycles. The second kappa shape index (κ2) is 4.40. The summed E-state index contributed by atoms with van der Waals surface area (Å²) in [4.78, 5) is 12.8. The van der Waals surface area contributed by atoms with Crippen LogP contribution in [0.5, 0.6) is 0 Å². The lowest BCUT2D eigenvalue weighted by Crippen LogP contribution is -2.03. The van der Waals surface area contributed by atoms with Gasteiger partial charge in [0.15, 0.2) is 0 Å². The molecule has 0 aliphatic rings. The zero-order valence-electron chi connectivity index (χ0n) is 9.08. The van der Waals surface area contributed by atoms with Crippen LogP contribution >= 0.6 is 22.9 Å². The van der Waals surface area contributed by atoms with Gasteiger partial charge in [-0.2, -0.15) is 0 Å². The Morgan fingerprint density at radius 1 is 1.25 bits per heavy atom. The van der Waals surface area contributed by atoms with E-state index in [1.807, 2.05) is 37.4 Å². The number of rotatable bonds is 2. The maximum Gasteiger partial charge on any atom is 0.204 e. The normalized spacial score (nSPS) is 10.4. The Kier molecular flexibility index (Phi) is 3.13. The molecule has 0 radical (unpaired) electrons. The molecule has 0 spiro atoms. The molecule has 0 N–H and O–H groups in total. The molecule has 82 valence electrons. The summed E-state index contributed by atoms with van der Waals surface area (Å²) in [6.45, 7) is 3.96. The molecule has 1 heterocycles. The molecule has 16 heavy (non-hydrogen) atoms. The summed E-state index contributed by atoms with van der Waals surface area (Å²) in [5, 5.41) is 2.37. The minimum absolute atomic E-state index is 0.0150. The van der Waals surface area contributed by atoms with Crippen LogP contribution in [0, 0.1) is 13.8 Å². The zero-order chi connectivity index (χ0) is 11.7. The Balaban J connectivity index is 2.50. The predicted octanol–water partition coefficient (Wildman–Crippen LogP) is 4.25. The van der Waals surface area contributed by atoms with Crippen molar-refractivity contribution in [1.82, 2.24) is 0 Å². The van der Waals surface area contributed by atoms with Gasteiger partial charge < -0.3 is 0 Å². The number of hydrogen-bond donors (Lipinski definition) is 0. The van der Waals surface area contributed by atoms with E-state index in [9.17, 15) is 4.79 Å². The monoisotopic (exact) mass is 250 g/mol. The van der Waals surface area contributed by atoms with E-state index in [1.54, 1.807) is 6.07 Å². The average Bonchev–Trinajstić information content (AvgIpc) is 2.68. The van der Waals surface area contributed by atoms with Crippen molar-refractivity contribution in [3.63, 3.8) is 0 Å². The molecule has 0 atom stereocenters. The molecule has 1 aromatic carbocycles. The summed E-state index contributed by atoms with van der Waals surface area (Å²) in [5.41, 5.74) is 2.89. The van der Waals surface area contributed by atoms with Crippen LogP contribution in [0.25, 0.3) is 0 Å². The third-order valence-corrected chi connectivity index (χ3v) is 4.01. The standard InChI is InChI=1S/C13H11ClOS/c1-8-4-3-5-10(9(8)2)12(15)13-11(14)6-7-16-13/h3-7H,1-2H3. The quantitative estimate of drug-likeness (QED) is 0.729. The van der Waals surface area contributed by atoms with Crippen LogP contribution in [0.2, 0.25) is 5.02 Å². The highest BCUT2D eigenvalue weighted by Crippen LogP contribution is 2.26. The smallest absolute Gasteiger partial charge is 0.204 e. The van der Waals surface area contributed by atoms with Crippen molar-refractivity contribution >= 4 is 28.7 Å². The van der Waals surface area contributed by atoms with Crippen molar-refractivity contribution < 1.29 is 4.79 Å². The first-order valence-electron chi connectivity index (χ1n) is 4.95. The van der Waals surface area contributed by atoms with Crippen LogP contribution in [0.1, 0.15) is 26.4 Å². The second-order valence-electron chi connectivity index (χ2n) is 3.67. The Morgan fingerprint density at radius 3 is 2.62 bits per heavy atom. The minimum Gasteiger partial charge on any atom is -0.288 e. The van der Waals surface area contributed by atoms with Crippen LogP contribution in [0.15, 0.2) is 29.6 Å². The number of aryl methyl sites for hydroxylation is 1. The van der Waals surface area contributed by atoms with Crippen molar-refractivity contribution in [2.45, 2.75) is 13.8 Å². The fourth-order valence-electron chi connectivity index (χ4n) is 1.58. The number of hydrogen-bond acceptors (Lipinski definition) is 2. The summed E-state index contributed by atoms with van der Waals surface area (Å²) in [7, 11) is 0. The first-order chi connectivity index (χ1) is 7.61. The number of halogens is 1. The number of benzene rings is 1. The molecule has 3 heteroatoms. The highest BCUT2D eigenvalue weighted by atomic mass is 35.5. The van der Waals surface area contributed by atoms with Gasteiger partial charge in [-0.3, -0.25) is 4.79 Å². The first-order valence-corrected chi connectivity index (χ1v) is 6.21. The van der Waals surface area contributed by atoms with E-state index in [-0.39, 0.29) is 5.78 Å². The van der Waals surface area contributed by atoms with E-state index in [0.717, 1.165) is 16.7 Å². The highest BCUT2D eigenvalue weighted by molar-refractivity contribution is 7.13. The average molecular weight is 251 g/mol. The third kappa shape index (κ3) is 1.91. The maximum absolute atomic E-state index is 12.2. The predicted molar refractivity (Wildman–Crippen MR) is 68.7 cm³/mol. The van der Waals surface area contributed by atoms with Crippen molar-refractivity contribution in [1.29, 1.82) is 0 Å². The lowest BCUT2D eigenvalue weighted by molar-refractivity contribution is 0.104. The molecule has 0 saturated heterocycles. The zero-order valence-corrected chi connectivity index (χ0v) is 10.7. The van der Waals surface area contributed by atoms with Crippen LogP contribution < -0.4 is 0 Å². The highest BCUT2D eigenvalue weighted by Gasteiger charge is 2.16. The third-order valence-electron chi connectivity index (χ3n) is 2.67. The van der Waals surface area contributed by atoms with Gasteiger partial charge in [-0.1, -0.05) is 29.8 Å². The molecule has 2 aromatic rings. The molecule has 0 fully saturated rings. The van der Waals surface area contributed by atoms with Crippen molar-refractivity contribution in [3.8, 4) is 0 Å². The van der Waals surface area contributed by atoms with Gasteiger partial charge in [0.25, 0.3) is 0 Å². The Labute approximate surface area is 104 Å².